The molecular formula is C24H25FN4OS. The minimum atomic E-state index is -0.257. The van der Waals surface area contributed by atoms with E-state index in [4.69, 9.17) is 0 Å². The van der Waals surface area contributed by atoms with Crippen molar-refractivity contribution in [1.82, 2.24) is 20.0 Å². The number of benzene rings is 2. The van der Waals surface area contributed by atoms with E-state index in [0.717, 1.165) is 33.6 Å². The third kappa shape index (κ3) is 4.84. The van der Waals surface area contributed by atoms with E-state index in [2.05, 4.69) is 27.4 Å². The standard InChI is InChI=1S/C24H25FN4OS/c1-16-21-12-22(23(30)26-13-18-6-4-5-7-19(18)15-28(2)3)31-24(21)29(27-16)14-17-8-10-20(25)11-9-17/h4-12H,13-15H2,1-3H3,(H,26,30). The minimum Gasteiger partial charge on any atom is -0.347 e. The molecule has 0 fully saturated rings. The van der Waals surface area contributed by atoms with Gasteiger partial charge in [-0.05, 0) is 55.9 Å². The molecule has 0 atom stereocenters. The largest absolute Gasteiger partial charge is 0.347 e. The SMILES string of the molecule is Cc1nn(Cc2ccc(F)cc2)c2sc(C(=O)NCc3ccccc3CN(C)C)cc12. The average Bonchev–Trinajstić information content (AvgIpc) is 3.30. The lowest BCUT2D eigenvalue weighted by atomic mass is 10.1. The fourth-order valence-corrected chi connectivity index (χ4v) is 4.66. The third-order valence-corrected chi connectivity index (χ3v) is 6.27. The fourth-order valence-electron chi connectivity index (χ4n) is 3.58. The van der Waals surface area contributed by atoms with E-state index < -0.39 is 0 Å². The van der Waals surface area contributed by atoms with Gasteiger partial charge < -0.3 is 10.2 Å². The van der Waals surface area contributed by atoms with Crippen molar-refractivity contribution in [2.24, 2.45) is 0 Å². The van der Waals surface area contributed by atoms with Gasteiger partial charge in [0.25, 0.3) is 5.91 Å². The van der Waals surface area contributed by atoms with Crippen molar-refractivity contribution in [3.8, 4) is 0 Å². The van der Waals surface area contributed by atoms with Crippen LogP contribution in [-0.4, -0.2) is 34.7 Å². The Kier molecular flexibility index (Phi) is 6.15. The zero-order valence-electron chi connectivity index (χ0n) is 17.9. The maximum absolute atomic E-state index is 13.2. The number of fused-ring (bicyclic) bond motifs is 1. The molecule has 160 valence electrons. The van der Waals surface area contributed by atoms with Crippen LogP contribution < -0.4 is 5.32 Å². The van der Waals surface area contributed by atoms with Crippen LogP contribution in [0.25, 0.3) is 10.2 Å². The first-order valence-corrected chi connectivity index (χ1v) is 10.9. The lowest BCUT2D eigenvalue weighted by Crippen LogP contribution is -2.23. The van der Waals surface area contributed by atoms with Gasteiger partial charge in [0.1, 0.15) is 10.6 Å². The van der Waals surface area contributed by atoms with Crippen LogP contribution in [0.2, 0.25) is 0 Å². The van der Waals surface area contributed by atoms with E-state index in [1.54, 1.807) is 12.1 Å². The van der Waals surface area contributed by atoms with Crippen molar-refractivity contribution in [1.29, 1.82) is 0 Å². The summed E-state index contributed by atoms with van der Waals surface area (Å²) >= 11 is 1.43. The Labute approximate surface area is 185 Å². The van der Waals surface area contributed by atoms with Crippen LogP contribution in [0.5, 0.6) is 0 Å². The van der Waals surface area contributed by atoms with Crippen molar-refractivity contribution in [3.63, 3.8) is 0 Å². The van der Waals surface area contributed by atoms with Crippen molar-refractivity contribution in [3.05, 3.63) is 87.7 Å². The number of rotatable bonds is 7. The highest BCUT2D eigenvalue weighted by molar-refractivity contribution is 7.20. The van der Waals surface area contributed by atoms with Crippen molar-refractivity contribution < 1.29 is 9.18 Å². The van der Waals surface area contributed by atoms with Gasteiger partial charge in [0.15, 0.2) is 0 Å². The van der Waals surface area contributed by atoms with Crippen LogP contribution in [0.15, 0.2) is 54.6 Å². The second-order valence-electron chi connectivity index (χ2n) is 7.89. The lowest BCUT2D eigenvalue weighted by Gasteiger charge is -2.14. The molecule has 0 spiro atoms. The number of hydrogen-bond acceptors (Lipinski definition) is 4. The monoisotopic (exact) mass is 436 g/mol. The van der Waals surface area contributed by atoms with E-state index in [1.165, 1.54) is 29.0 Å². The molecule has 1 N–H and O–H groups in total. The molecular weight excluding hydrogens is 411 g/mol. The topological polar surface area (TPSA) is 50.2 Å². The van der Waals surface area contributed by atoms with Gasteiger partial charge in [-0.1, -0.05) is 36.4 Å². The van der Waals surface area contributed by atoms with Crippen LogP contribution in [-0.2, 0) is 19.6 Å². The third-order valence-electron chi connectivity index (χ3n) is 5.12. The molecule has 0 saturated carbocycles. The Morgan fingerprint density at radius 2 is 1.84 bits per heavy atom. The molecule has 31 heavy (non-hydrogen) atoms. The molecule has 4 aromatic rings. The first-order valence-electron chi connectivity index (χ1n) is 10.1. The zero-order chi connectivity index (χ0) is 22.0. The van der Waals surface area contributed by atoms with Crippen molar-refractivity contribution in [2.75, 3.05) is 14.1 Å². The smallest absolute Gasteiger partial charge is 0.261 e. The summed E-state index contributed by atoms with van der Waals surface area (Å²) in [5, 5.41) is 8.63. The highest BCUT2D eigenvalue weighted by atomic mass is 32.1. The first-order chi connectivity index (χ1) is 14.9. The summed E-state index contributed by atoms with van der Waals surface area (Å²) in [6.07, 6.45) is 0. The van der Waals surface area contributed by atoms with E-state index in [1.807, 2.05) is 43.9 Å². The van der Waals surface area contributed by atoms with Crippen molar-refractivity contribution >= 4 is 27.5 Å². The predicted molar refractivity (Wildman–Crippen MR) is 123 cm³/mol. The molecule has 5 nitrogen and oxygen atoms in total. The van der Waals surface area contributed by atoms with E-state index in [-0.39, 0.29) is 11.7 Å². The number of amides is 1. The van der Waals surface area contributed by atoms with Gasteiger partial charge in [0.2, 0.25) is 0 Å². The summed E-state index contributed by atoms with van der Waals surface area (Å²) in [4.78, 5) is 16.6. The molecule has 4 rings (SSSR count). The molecule has 0 unspecified atom stereocenters. The van der Waals surface area contributed by atoms with Crippen LogP contribution in [0, 0.1) is 12.7 Å². The molecule has 2 aromatic carbocycles. The second kappa shape index (κ2) is 8.99. The number of halogens is 1. The highest BCUT2D eigenvalue weighted by Crippen LogP contribution is 2.29. The number of nitrogens with one attached hydrogen (secondary N) is 1. The maximum atomic E-state index is 13.2. The number of aryl methyl sites for hydroxylation is 1. The number of hydrogen-bond donors (Lipinski definition) is 1. The molecule has 0 aliphatic rings. The van der Waals surface area contributed by atoms with E-state index >= 15 is 0 Å². The summed E-state index contributed by atoms with van der Waals surface area (Å²) in [5.74, 6) is -0.346. The Hall–Kier alpha value is -3.03. The first kappa shape index (κ1) is 21.2. The molecule has 0 aliphatic carbocycles. The molecule has 2 heterocycles. The number of nitrogens with zero attached hydrogens (tertiary/aromatic N) is 3. The number of carbonyl (C=O) groups excluding carboxylic acids is 1. The Morgan fingerprint density at radius 3 is 2.55 bits per heavy atom. The van der Waals surface area contributed by atoms with Crippen molar-refractivity contribution in [2.45, 2.75) is 26.6 Å². The second-order valence-corrected chi connectivity index (χ2v) is 8.92. The lowest BCUT2D eigenvalue weighted by molar-refractivity contribution is 0.0955. The molecule has 7 heteroatoms. The van der Waals surface area contributed by atoms with Crippen LogP contribution >= 0.6 is 11.3 Å². The summed E-state index contributed by atoms with van der Waals surface area (Å²) in [7, 11) is 4.06. The molecule has 0 bridgehead atoms. The van der Waals surface area contributed by atoms with Gasteiger partial charge in [-0.15, -0.1) is 11.3 Å². The molecule has 1 amide bonds. The summed E-state index contributed by atoms with van der Waals surface area (Å²) in [6.45, 7) is 3.78. The molecule has 0 aliphatic heterocycles. The molecule has 2 aromatic heterocycles. The summed E-state index contributed by atoms with van der Waals surface area (Å²) < 4.78 is 15.1. The Morgan fingerprint density at radius 1 is 1.13 bits per heavy atom. The summed E-state index contributed by atoms with van der Waals surface area (Å²) in [6, 6.07) is 16.5. The average molecular weight is 437 g/mol. The van der Waals surface area contributed by atoms with Gasteiger partial charge in [0.05, 0.1) is 17.1 Å². The predicted octanol–water partition coefficient (Wildman–Crippen LogP) is 4.59. The van der Waals surface area contributed by atoms with Gasteiger partial charge in [-0.3, -0.25) is 9.48 Å². The number of aromatic nitrogens is 2. The zero-order valence-corrected chi connectivity index (χ0v) is 18.7. The maximum Gasteiger partial charge on any atom is 0.261 e. The summed E-state index contributed by atoms with van der Waals surface area (Å²) in [5.41, 5.74) is 4.16. The number of carbonyl (C=O) groups is 1. The van der Waals surface area contributed by atoms with Gasteiger partial charge >= 0.3 is 0 Å². The Bertz CT molecular complexity index is 1210. The van der Waals surface area contributed by atoms with E-state index in [9.17, 15) is 9.18 Å². The van der Waals surface area contributed by atoms with E-state index in [0.29, 0.717) is 18.0 Å². The fraction of sp³-hybridized carbons (Fsp3) is 0.250. The van der Waals surface area contributed by atoms with Crippen LogP contribution in [0.3, 0.4) is 0 Å². The van der Waals surface area contributed by atoms with Crippen LogP contribution in [0.4, 0.5) is 4.39 Å². The Balaban J connectivity index is 1.51. The normalized spacial score (nSPS) is 11.4. The van der Waals surface area contributed by atoms with Crippen LogP contribution in [0.1, 0.15) is 32.1 Å². The quantitative estimate of drug-likeness (QED) is 0.461. The number of thiophene rings is 1. The van der Waals surface area contributed by atoms with Gasteiger partial charge in [-0.25, -0.2) is 4.39 Å². The minimum absolute atomic E-state index is 0.0893. The molecule has 0 radical (unpaired) electrons. The van der Waals surface area contributed by atoms with Gasteiger partial charge in [0, 0.05) is 18.5 Å². The molecule has 0 saturated heterocycles. The van der Waals surface area contributed by atoms with Gasteiger partial charge in [-0.2, -0.15) is 5.10 Å². The highest BCUT2D eigenvalue weighted by Gasteiger charge is 2.17.